The van der Waals surface area contributed by atoms with E-state index in [2.05, 4.69) is 5.43 Å². The predicted molar refractivity (Wildman–Crippen MR) is 87.2 cm³/mol. The van der Waals surface area contributed by atoms with Crippen molar-refractivity contribution in [2.75, 3.05) is 6.54 Å². The molecule has 24 heavy (non-hydrogen) atoms. The third-order valence-corrected chi connectivity index (χ3v) is 4.49. The van der Waals surface area contributed by atoms with Gasteiger partial charge >= 0.3 is 6.18 Å². The number of hydrogen-bond donors (Lipinski definition) is 1. The molecule has 1 saturated heterocycles. The molecule has 1 aromatic rings. The number of hydrazine groups is 1. The summed E-state index contributed by atoms with van der Waals surface area (Å²) >= 11 is 0. The molecule has 3 nitrogen and oxygen atoms in total. The number of aryl methyl sites for hydroxylation is 2. The van der Waals surface area contributed by atoms with E-state index in [4.69, 9.17) is 0 Å². The first kappa shape index (κ1) is 18.8. The minimum atomic E-state index is -4.35. The molecule has 1 aromatic carbocycles. The van der Waals surface area contributed by atoms with E-state index in [1.807, 2.05) is 31.2 Å². The number of amides is 1. The molecule has 6 heteroatoms. The smallest absolute Gasteiger partial charge is 0.288 e. The molecule has 1 unspecified atom stereocenters. The molecule has 1 amide bonds. The first-order valence-corrected chi connectivity index (χ1v) is 8.29. The van der Waals surface area contributed by atoms with E-state index in [0.29, 0.717) is 12.8 Å². The SMILES string of the molecule is Cc1ccc(CCCCC(N2CC(C)(C)C(=O)N2)C(F)(F)F)cc1. The molecule has 1 fully saturated rings. The Kier molecular flexibility index (Phi) is 5.58. The molecule has 0 aliphatic carbocycles. The predicted octanol–water partition coefficient (Wildman–Crippen LogP) is 4.01. The largest absolute Gasteiger partial charge is 0.405 e. The average molecular weight is 342 g/mol. The van der Waals surface area contributed by atoms with Gasteiger partial charge in [0.05, 0.1) is 5.41 Å². The lowest BCUT2D eigenvalue weighted by Crippen LogP contribution is -2.49. The summed E-state index contributed by atoms with van der Waals surface area (Å²) in [5.41, 5.74) is 3.91. The second-order valence-electron chi connectivity index (χ2n) is 7.24. The summed E-state index contributed by atoms with van der Waals surface area (Å²) in [4.78, 5) is 11.8. The molecular formula is C18H25F3N2O. The molecule has 0 aromatic heterocycles. The first-order valence-electron chi connectivity index (χ1n) is 8.29. The summed E-state index contributed by atoms with van der Waals surface area (Å²) in [5.74, 6) is -0.351. The molecule has 0 radical (unpaired) electrons. The second-order valence-corrected chi connectivity index (χ2v) is 7.24. The Bertz CT molecular complexity index is 567. The van der Waals surface area contributed by atoms with Gasteiger partial charge in [-0.05, 0) is 45.6 Å². The topological polar surface area (TPSA) is 32.3 Å². The van der Waals surface area contributed by atoms with E-state index in [1.165, 1.54) is 5.56 Å². The van der Waals surface area contributed by atoms with E-state index < -0.39 is 17.6 Å². The van der Waals surface area contributed by atoms with Gasteiger partial charge in [0.1, 0.15) is 6.04 Å². The molecule has 1 heterocycles. The first-order chi connectivity index (χ1) is 11.1. The number of carbonyl (C=O) groups is 1. The van der Waals surface area contributed by atoms with Gasteiger partial charge in [-0.3, -0.25) is 10.2 Å². The van der Waals surface area contributed by atoms with Gasteiger partial charge < -0.3 is 0 Å². The second kappa shape index (κ2) is 7.13. The Balaban J connectivity index is 1.88. The van der Waals surface area contributed by atoms with Crippen LogP contribution in [0.5, 0.6) is 0 Å². The lowest BCUT2D eigenvalue weighted by molar-refractivity contribution is -0.190. The van der Waals surface area contributed by atoms with Crippen molar-refractivity contribution in [3.8, 4) is 0 Å². The molecule has 1 aliphatic rings. The van der Waals surface area contributed by atoms with Crippen LogP contribution in [0.15, 0.2) is 24.3 Å². The number of rotatable bonds is 6. The van der Waals surface area contributed by atoms with Crippen molar-refractivity contribution in [2.45, 2.75) is 58.7 Å². The monoisotopic (exact) mass is 342 g/mol. The number of carbonyl (C=O) groups excluding carboxylic acids is 1. The minimum absolute atomic E-state index is 0.00821. The Morgan fingerprint density at radius 3 is 2.33 bits per heavy atom. The van der Waals surface area contributed by atoms with Crippen molar-refractivity contribution >= 4 is 5.91 Å². The van der Waals surface area contributed by atoms with Gasteiger partial charge in [0.2, 0.25) is 5.91 Å². The molecule has 0 bridgehead atoms. The Morgan fingerprint density at radius 2 is 1.83 bits per heavy atom. The fourth-order valence-corrected chi connectivity index (χ4v) is 2.92. The van der Waals surface area contributed by atoms with Gasteiger partial charge in [0.25, 0.3) is 0 Å². The lowest BCUT2D eigenvalue weighted by atomic mass is 9.94. The van der Waals surface area contributed by atoms with Gasteiger partial charge in [-0.15, -0.1) is 0 Å². The summed E-state index contributed by atoms with van der Waals surface area (Å²) in [7, 11) is 0. The Hall–Kier alpha value is -1.56. The third kappa shape index (κ3) is 4.72. The molecule has 2 rings (SSSR count). The van der Waals surface area contributed by atoms with Crippen molar-refractivity contribution in [3.63, 3.8) is 0 Å². The zero-order valence-corrected chi connectivity index (χ0v) is 14.4. The Labute approximate surface area is 141 Å². The zero-order chi connectivity index (χ0) is 18.0. The number of benzene rings is 1. The van der Waals surface area contributed by atoms with Gasteiger partial charge in [0, 0.05) is 6.54 Å². The highest BCUT2D eigenvalue weighted by atomic mass is 19.4. The fraction of sp³-hybridized carbons (Fsp3) is 0.611. The van der Waals surface area contributed by atoms with Crippen LogP contribution in [-0.2, 0) is 11.2 Å². The zero-order valence-electron chi connectivity index (χ0n) is 14.4. The van der Waals surface area contributed by atoms with Crippen LogP contribution in [0, 0.1) is 12.3 Å². The highest BCUT2D eigenvalue weighted by molar-refractivity contribution is 5.83. The van der Waals surface area contributed by atoms with Crippen LogP contribution in [0.4, 0.5) is 13.2 Å². The molecule has 1 atom stereocenters. The maximum Gasteiger partial charge on any atom is 0.405 e. The highest BCUT2D eigenvalue weighted by Gasteiger charge is 2.49. The maximum atomic E-state index is 13.4. The van der Waals surface area contributed by atoms with E-state index in [0.717, 1.165) is 17.0 Å². The third-order valence-electron chi connectivity index (χ3n) is 4.49. The van der Waals surface area contributed by atoms with Gasteiger partial charge in [-0.25, -0.2) is 5.01 Å². The van der Waals surface area contributed by atoms with Crippen LogP contribution >= 0.6 is 0 Å². The van der Waals surface area contributed by atoms with Crippen molar-refractivity contribution in [1.82, 2.24) is 10.4 Å². The van der Waals surface area contributed by atoms with Crippen LogP contribution in [0.25, 0.3) is 0 Å². The number of alkyl halides is 3. The van der Waals surface area contributed by atoms with Crippen molar-refractivity contribution < 1.29 is 18.0 Å². The molecule has 134 valence electrons. The Morgan fingerprint density at radius 1 is 1.21 bits per heavy atom. The van der Waals surface area contributed by atoms with Crippen LogP contribution < -0.4 is 5.43 Å². The number of nitrogens with one attached hydrogen (secondary N) is 1. The number of halogens is 3. The van der Waals surface area contributed by atoms with Gasteiger partial charge in [-0.1, -0.05) is 36.2 Å². The number of nitrogens with zero attached hydrogens (tertiary/aromatic N) is 1. The highest BCUT2D eigenvalue weighted by Crippen LogP contribution is 2.33. The fourth-order valence-electron chi connectivity index (χ4n) is 2.92. The van der Waals surface area contributed by atoms with Crippen LogP contribution in [0.3, 0.4) is 0 Å². The van der Waals surface area contributed by atoms with E-state index >= 15 is 0 Å². The lowest BCUT2D eigenvalue weighted by Gasteiger charge is -2.29. The molecule has 0 saturated carbocycles. The molecule has 1 aliphatic heterocycles. The molecular weight excluding hydrogens is 317 g/mol. The van der Waals surface area contributed by atoms with Crippen molar-refractivity contribution in [1.29, 1.82) is 0 Å². The standard InChI is InChI=1S/C18H25F3N2O/c1-13-8-10-14(11-9-13)6-4-5-7-15(18(19,20)21)23-12-17(2,3)16(24)22-23/h8-11,15H,4-7,12H2,1-3H3,(H,22,24). The maximum absolute atomic E-state index is 13.4. The van der Waals surface area contributed by atoms with Gasteiger partial charge in [0.15, 0.2) is 0 Å². The number of unbranched alkanes of at least 4 members (excludes halogenated alkanes) is 1. The summed E-state index contributed by atoms with van der Waals surface area (Å²) in [5, 5.41) is 1.06. The molecule has 1 N–H and O–H groups in total. The minimum Gasteiger partial charge on any atom is -0.288 e. The quantitative estimate of drug-likeness (QED) is 0.792. The summed E-state index contributed by atoms with van der Waals surface area (Å²) < 4.78 is 40.1. The van der Waals surface area contributed by atoms with Crippen molar-refractivity contribution in [2.24, 2.45) is 5.41 Å². The normalized spacial score (nSPS) is 19.3. The number of hydrogen-bond acceptors (Lipinski definition) is 2. The van der Waals surface area contributed by atoms with E-state index in [9.17, 15) is 18.0 Å². The van der Waals surface area contributed by atoms with Crippen LogP contribution in [0.2, 0.25) is 0 Å². The molecule has 0 spiro atoms. The van der Waals surface area contributed by atoms with Crippen LogP contribution in [0.1, 0.15) is 44.2 Å². The van der Waals surface area contributed by atoms with Gasteiger partial charge in [-0.2, -0.15) is 13.2 Å². The summed E-state index contributed by atoms with van der Waals surface area (Å²) in [6.45, 7) is 5.40. The van der Waals surface area contributed by atoms with Crippen molar-refractivity contribution in [3.05, 3.63) is 35.4 Å². The van der Waals surface area contributed by atoms with Crippen LogP contribution in [-0.4, -0.2) is 29.7 Å². The van der Waals surface area contributed by atoms with E-state index in [1.54, 1.807) is 13.8 Å². The summed E-state index contributed by atoms with van der Waals surface area (Å²) in [6, 6.07) is 6.42. The van der Waals surface area contributed by atoms with E-state index in [-0.39, 0.29) is 18.9 Å². The average Bonchev–Trinajstić information content (AvgIpc) is 2.72. The summed E-state index contributed by atoms with van der Waals surface area (Å²) in [6.07, 6.45) is -2.43.